The first-order valence-corrected chi connectivity index (χ1v) is 8.32. The summed E-state index contributed by atoms with van der Waals surface area (Å²) >= 11 is 0. The molecule has 0 saturated heterocycles. The van der Waals surface area contributed by atoms with E-state index in [4.69, 9.17) is 4.98 Å². The van der Waals surface area contributed by atoms with Gasteiger partial charge < -0.3 is 10.0 Å². The largest absolute Gasteiger partial charge is 0.508 e. The number of aromatic hydroxyl groups is 1. The van der Waals surface area contributed by atoms with Crippen LogP contribution in [0.3, 0.4) is 0 Å². The molecular weight excluding hydrogens is 326 g/mol. The zero-order valence-electron chi connectivity index (χ0n) is 14.9. The van der Waals surface area contributed by atoms with Gasteiger partial charge in [-0.25, -0.2) is 15.0 Å². The van der Waals surface area contributed by atoms with Crippen LogP contribution in [0.2, 0.25) is 0 Å². The van der Waals surface area contributed by atoms with Crippen molar-refractivity contribution in [3.8, 4) is 22.8 Å². The molecule has 0 aliphatic heterocycles. The van der Waals surface area contributed by atoms with Crippen molar-refractivity contribution in [2.45, 2.75) is 6.92 Å². The van der Waals surface area contributed by atoms with Crippen molar-refractivity contribution in [3.05, 3.63) is 60.4 Å². The lowest BCUT2D eigenvalue weighted by molar-refractivity contribution is 0.475. The molecule has 1 N–H and O–H groups in total. The van der Waals surface area contributed by atoms with Crippen LogP contribution in [0.4, 0.5) is 5.82 Å². The predicted molar refractivity (Wildman–Crippen MR) is 103 cm³/mol. The Morgan fingerprint density at radius 3 is 2.46 bits per heavy atom. The van der Waals surface area contributed by atoms with Crippen LogP contribution in [-0.2, 0) is 0 Å². The van der Waals surface area contributed by atoms with E-state index in [0.29, 0.717) is 5.82 Å². The maximum absolute atomic E-state index is 9.80. The molecule has 26 heavy (non-hydrogen) atoms. The number of hydrogen-bond acceptors (Lipinski definition) is 5. The third kappa shape index (κ3) is 2.75. The number of anilines is 1. The summed E-state index contributed by atoms with van der Waals surface area (Å²) in [6.07, 6.45) is 1.77. The van der Waals surface area contributed by atoms with Gasteiger partial charge in [-0.15, -0.1) is 0 Å². The smallest absolute Gasteiger partial charge is 0.170 e. The van der Waals surface area contributed by atoms with Crippen LogP contribution in [0.1, 0.15) is 5.56 Å². The first-order chi connectivity index (χ1) is 12.5. The maximum atomic E-state index is 9.80. The van der Waals surface area contributed by atoms with Crippen molar-refractivity contribution in [1.29, 1.82) is 0 Å². The number of rotatable bonds is 3. The highest BCUT2D eigenvalue weighted by Crippen LogP contribution is 2.28. The minimum Gasteiger partial charge on any atom is -0.508 e. The molecule has 6 heteroatoms. The Hall–Kier alpha value is -3.41. The Bertz CT molecular complexity index is 1080. The van der Waals surface area contributed by atoms with Crippen molar-refractivity contribution in [2.24, 2.45) is 0 Å². The zero-order valence-corrected chi connectivity index (χ0v) is 14.9. The van der Waals surface area contributed by atoms with Crippen LogP contribution in [0.25, 0.3) is 28.2 Å². The van der Waals surface area contributed by atoms with Gasteiger partial charge in [0, 0.05) is 25.3 Å². The number of benzene rings is 2. The van der Waals surface area contributed by atoms with Crippen molar-refractivity contribution >= 4 is 17.0 Å². The number of aromatic nitrogens is 4. The molecular formula is C20H19N5O. The molecule has 0 amide bonds. The Balaban J connectivity index is 1.97. The molecule has 6 nitrogen and oxygen atoms in total. The topological polar surface area (TPSA) is 67.1 Å². The normalized spacial score (nSPS) is 11.0. The lowest BCUT2D eigenvalue weighted by Crippen LogP contribution is -2.12. The monoisotopic (exact) mass is 345 g/mol. The Morgan fingerprint density at radius 1 is 1.00 bits per heavy atom. The molecule has 0 radical (unpaired) electrons. The average Bonchev–Trinajstić information content (AvgIpc) is 3.05. The van der Waals surface area contributed by atoms with Gasteiger partial charge in [0.1, 0.15) is 12.1 Å². The molecule has 2 aromatic carbocycles. The van der Waals surface area contributed by atoms with Crippen molar-refractivity contribution in [2.75, 3.05) is 19.0 Å². The van der Waals surface area contributed by atoms with Gasteiger partial charge in [0.15, 0.2) is 22.8 Å². The summed E-state index contributed by atoms with van der Waals surface area (Å²) in [4.78, 5) is 15.9. The second-order valence-corrected chi connectivity index (χ2v) is 6.44. The fourth-order valence-electron chi connectivity index (χ4n) is 2.87. The minimum absolute atomic E-state index is 0.185. The van der Waals surface area contributed by atoms with Crippen LogP contribution in [0, 0.1) is 6.92 Å². The second-order valence-electron chi connectivity index (χ2n) is 6.44. The minimum atomic E-state index is 0.185. The number of fused-ring (bicyclic) bond motifs is 1. The summed E-state index contributed by atoms with van der Waals surface area (Å²) in [5.41, 5.74) is 4.41. The predicted octanol–water partition coefficient (Wildman–Crippen LogP) is 3.56. The van der Waals surface area contributed by atoms with E-state index in [1.165, 1.54) is 5.56 Å². The molecule has 130 valence electrons. The van der Waals surface area contributed by atoms with Crippen molar-refractivity contribution in [1.82, 2.24) is 19.5 Å². The molecule has 0 spiro atoms. The number of phenolic OH excluding ortho intramolecular Hbond substituents is 1. The van der Waals surface area contributed by atoms with E-state index in [-0.39, 0.29) is 5.75 Å². The molecule has 0 atom stereocenters. The van der Waals surface area contributed by atoms with Gasteiger partial charge in [0.25, 0.3) is 0 Å². The molecule has 4 aromatic rings. The van der Waals surface area contributed by atoms with E-state index in [9.17, 15) is 5.11 Å². The molecule has 0 fully saturated rings. The summed E-state index contributed by atoms with van der Waals surface area (Å²) in [6, 6.07) is 15.2. The highest BCUT2D eigenvalue weighted by molar-refractivity contribution is 5.86. The molecule has 2 aromatic heterocycles. The first kappa shape index (κ1) is 16.1. The number of aryl methyl sites for hydroxylation is 1. The van der Waals surface area contributed by atoms with Gasteiger partial charge in [0.05, 0.1) is 0 Å². The lowest BCUT2D eigenvalue weighted by atomic mass is 10.2. The summed E-state index contributed by atoms with van der Waals surface area (Å²) in [5, 5.41) is 9.80. The molecule has 0 aliphatic carbocycles. The molecule has 0 bridgehead atoms. The summed E-state index contributed by atoms with van der Waals surface area (Å²) in [7, 11) is 3.86. The Morgan fingerprint density at radius 2 is 1.77 bits per heavy atom. The van der Waals surface area contributed by atoms with Crippen LogP contribution in [0.5, 0.6) is 5.75 Å². The Labute approximate surface area is 151 Å². The molecule has 0 unspecified atom stereocenters. The fourth-order valence-corrected chi connectivity index (χ4v) is 2.87. The van der Waals surface area contributed by atoms with Crippen LogP contribution in [-0.4, -0.2) is 38.7 Å². The van der Waals surface area contributed by atoms with Gasteiger partial charge in [-0.1, -0.05) is 29.8 Å². The second kappa shape index (κ2) is 6.15. The number of phenols is 1. The van der Waals surface area contributed by atoms with E-state index < -0.39 is 0 Å². The standard InChI is InChI=1S/C20H19N5O/c1-13-7-9-15(10-8-13)25-12-21-17-19(24(2)3)22-18(23-20(17)25)14-5-4-6-16(26)11-14/h4-12,26H,1-3H3. The van der Waals surface area contributed by atoms with E-state index in [1.54, 1.807) is 24.5 Å². The average molecular weight is 345 g/mol. The van der Waals surface area contributed by atoms with Gasteiger partial charge in [-0.05, 0) is 31.2 Å². The first-order valence-electron chi connectivity index (χ1n) is 8.32. The molecule has 0 aliphatic rings. The van der Waals surface area contributed by atoms with Gasteiger partial charge in [-0.2, -0.15) is 0 Å². The third-order valence-corrected chi connectivity index (χ3v) is 4.22. The van der Waals surface area contributed by atoms with E-state index in [2.05, 4.69) is 29.0 Å². The number of imidazole rings is 1. The zero-order chi connectivity index (χ0) is 18.3. The molecule has 0 saturated carbocycles. The van der Waals surface area contributed by atoms with Gasteiger partial charge in [0.2, 0.25) is 0 Å². The summed E-state index contributed by atoms with van der Waals surface area (Å²) in [5.74, 6) is 1.47. The Kier molecular flexibility index (Phi) is 3.80. The summed E-state index contributed by atoms with van der Waals surface area (Å²) < 4.78 is 1.95. The van der Waals surface area contributed by atoms with Crippen molar-refractivity contribution < 1.29 is 5.11 Å². The highest BCUT2D eigenvalue weighted by atomic mass is 16.3. The van der Waals surface area contributed by atoms with Crippen molar-refractivity contribution in [3.63, 3.8) is 0 Å². The maximum Gasteiger partial charge on any atom is 0.170 e. The van der Waals surface area contributed by atoms with E-state index >= 15 is 0 Å². The van der Waals surface area contributed by atoms with E-state index in [0.717, 1.165) is 28.2 Å². The lowest BCUT2D eigenvalue weighted by Gasteiger charge is -2.14. The third-order valence-electron chi connectivity index (χ3n) is 4.22. The quantitative estimate of drug-likeness (QED) is 0.615. The number of hydrogen-bond donors (Lipinski definition) is 1. The SMILES string of the molecule is Cc1ccc(-n2cnc3c(N(C)C)nc(-c4cccc(O)c4)nc32)cc1. The fraction of sp³-hybridized carbons (Fsp3) is 0.150. The van der Waals surface area contributed by atoms with Crippen LogP contribution >= 0.6 is 0 Å². The molecule has 2 heterocycles. The summed E-state index contributed by atoms with van der Waals surface area (Å²) in [6.45, 7) is 2.06. The molecule has 4 rings (SSSR count). The highest BCUT2D eigenvalue weighted by Gasteiger charge is 2.16. The van der Waals surface area contributed by atoms with Gasteiger partial charge in [-0.3, -0.25) is 4.57 Å². The van der Waals surface area contributed by atoms with E-state index in [1.807, 2.05) is 41.8 Å². The number of nitrogens with zero attached hydrogens (tertiary/aromatic N) is 5. The van der Waals surface area contributed by atoms with Gasteiger partial charge >= 0.3 is 0 Å². The van der Waals surface area contributed by atoms with Crippen LogP contribution in [0.15, 0.2) is 54.9 Å². The van der Waals surface area contributed by atoms with Crippen LogP contribution < -0.4 is 4.90 Å².